The molecule has 5 nitrogen and oxygen atoms in total. The molecule has 1 aliphatic rings. The van der Waals surface area contributed by atoms with Crippen LogP contribution in [0.3, 0.4) is 0 Å². The van der Waals surface area contributed by atoms with Crippen LogP contribution in [-0.4, -0.2) is 26.6 Å². The Hall–Kier alpha value is -1.56. The van der Waals surface area contributed by atoms with Crippen molar-refractivity contribution in [2.75, 3.05) is 0 Å². The lowest BCUT2D eigenvalue weighted by molar-refractivity contribution is 0.0924. The van der Waals surface area contributed by atoms with Gasteiger partial charge in [0.25, 0.3) is 5.91 Å². The molecule has 0 radical (unpaired) electrons. The molecule has 1 aromatic rings. The van der Waals surface area contributed by atoms with Gasteiger partial charge in [-0.25, -0.2) is 0 Å². The number of hydrogen-bond donors (Lipinski definition) is 2. The van der Waals surface area contributed by atoms with Gasteiger partial charge >= 0.3 is 0 Å². The van der Waals surface area contributed by atoms with Crippen LogP contribution in [0.2, 0.25) is 0 Å². The first kappa shape index (κ1) is 11.9. The molecule has 2 rings (SSSR count). The first-order chi connectivity index (χ1) is 8.14. The van der Waals surface area contributed by atoms with E-state index in [0.717, 1.165) is 25.7 Å². The summed E-state index contributed by atoms with van der Waals surface area (Å²) in [6.45, 7) is 0. The summed E-state index contributed by atoms with van der Waals surface area (Å²) in [6.07, 6.45) is 6.60. The van der Waals surface area contributed by atoms with Gasteiger partial charge < -0.3 is 11.1 Å². The van der Waals surface area contributed by atoms with Gasteiger partial charge in [0.05, 0.1) is 28.5 Å². The third-order valence-corrected chi connectivity index (χ3v) is 3.52. The molecule has 0 unspecified atom stereocenters. The molecule has 1 saturated carbocycles. The maximum absolute atomic E-state index is 12.0. The highest BCUT2D eigenvalue weighted by atomic mass is 32.1. The molecular weight excluding hydrogens is 236 g/mol. The van der Waals surface area contributed by atoms with E-state index >= 15 is 0 Å². The summed E-state index contributed by atoms with van der Waals surface area (Å²) in [5, 5.41) is 10.2. The summed E-state index contributed by atoms with van der Waals surface area (Å²) < 4.78 is 0. The lowest BCUT2D eigenvalue weighted by Gasteiger charge is -2.28. The van der Waals surface area contributed by atoms with Crippen LogP contribution >= 0.6 is 12.2 Å². The third-order valence-electron chi connectivity index (χ3n) is 3.13. The molecule has 1 aromatic heterocycles. The molecule has 3 N–H and O–H groups in total. The number of thiocarbonyl (C=S) groups is 1. The zero-order valence-corrected chi connectivity index (χ0v) is 10.2. The van der Waals surface area contributed by atoms with Crippen molar-refractivity contribution in [2.45, 2.75) is 31.2 Å². The topological polar surface area (TPSA) is 80.9 Å². The lowest BCUT2D eigenvalue weighted by atomic mass is 9.97. The van der Waals surface area contributed by atoms with Gasteiger partial charge in [-0.05, 0) is 18.9 Å². The zero-order valence-electron chi connectivity index (χ0n) is 9.35. The van der Waals surface area contributed by atoms with E-state index in [9.17, 15) is 4.79 Å². The summed E-state index contributed by atoms with van der Waals surface area (Å²) in [5.74, 6) is -0.199. The molecule has 0 spiro atoms. The Morgan fingerprint density at radius 1 is 1.41 bits per heavy atom. The van der Waals surface area contributed by atoms with Crippen LogP contribution in [0, 0.1) is 0 Å². The van der Waals surface area contributed by atoms with E-state index < -0.39 is 5.54 Å². The second kappa shape index (κ2) is 4.75. The van der Waals surface area contributed by atoms with Gasteiger partial charge in [-0.15, -0.1) is 0 Å². The van der Waals surface area contributed by atoms with Crippen molar-refractivity contribution >= 4 is 23.1 Å². The summed E-state index contributed by atoms with van der Waals surface area (Å²) in [7, 11) is 0. The molecule has 17 heavy (non-hydrogen) atoms. The Balaban J connectivity index is 2.15. The molecule has 0 saturated heterocycles. The highest BCUT2D eigenvalue weighted by Gasteiger charge is 2.38. The summed E-state index contributed by atoms with van der Waals surface area (Å²) in [4.78, 5) is 12.4. The molecule has 1 heterocycles. The SMILES string of the molecule is NC(=S)C1(NC(=O)c2ccnnc2)CCCC1. The average Bonchev–Trinajstić information content (AvgIpc) is 2.80. The van der Waals surface area contributed by atoms with E-state index in [1.807, 2.05) is 0 Å². The molecular formula is C11H14N4OS. The van der Waals surface area contributed by atoms with Crippen LogP contribution in [0.4, 0.5) is 0 Å². The monoisotopic (exact) mass is 250 g/mol. The fraction of sp³-hybridized carbons (Fsp3) is 0.455. The molecule has 90 valence electrons. The van der Waals surface area contributed by atoms with Crippen LogP contribution in [0.25, 0.3) is 0 Å². The van der Waals surface area contributed by atoms with Crippen molar-refractivity contribution in [3.8, 4) is 0 Å². The molecule has 0 aromatic carbocycles. The van der Waals surface area contributed by atoms with E-state index in [1.165, 1.54) is 12.4 Å². The number of aromatic nitrogens is 2. The first-order valence-corrected chi connectivity index (χ1v) is 5.94. The van der Waals surface area contributed by atoms with Gasteiger partial charge in [0.15, 0.2) is 0 Å². The Morgan fingerprint density at radius 3 is 2.65 bits per heavy atom. The van der Waals surface area contributed by atoms with Crippen LogP contribution in [0.5, 0.6) is 0 Å². The maximum Gasteiger partial charge on any atom is 0.253 e. The summed E-state index contributed by atoms with van der Waals surface area (Å²) in [6, 6.07) is 1.62. The van der Waals surface area contributed by atoms with Gasteiger partial charge in [0.2, 0.25) is 0 Å². The second-order valence-electron chi connectivity index (χ2n) is 4.24. The smallest absolute Gasteiger partial charge is 0.253 e. The Bertz CT molecular complexity index is 428. The number of nitrogens with zero attached hydrogens (tertiary/aromatic N) is 2. The van der Waals surface area contributed by atoms with Crippen molar-refractivity contribution in [2.24, 2.45) is 5.73 Å². The Kier molecular flexibility index (Phi) is 3.33. The van der Waals surface area contributed by atoms with Crippen molar-refractivity contribution < 1.29 is 4.79 Å². The van der Waals surface area contributed by atoms with Crippen molar-refractivity contribution in [1.29, 1.82) is 0 Å². The summed E-state index contributed by atoms with van der Waals surface area (Å²) >= 11 is 5.07. The van der Waals surface area contributed by atoms with Crippen LogP contribution < -0.4 is 11.1 Å². The molecule has 0 atom stereocenters. The van der Waals surface area contributed by atoms with Crippen molar-refractivity contribution in [3.05, 3.63) is 24.0 Å². The standard InChI is InChI=1S/C11H14N4OS/c12-10(17)11(4-1-2-5-11)15-9(16)8-3-6-13-14-7-8/h3,6-7H,1-2,4-5H2,(H2,12,17)(H,15,16). The number of carbonyl (C=O) groups is 1. The van der Waals surface area contributed by atoms with E-state index in [0.29, 0.717) is 10.6 Å². The van der Waals surface area contributed by atoms with Gasteiger partial charge in [-0.1, -0.05) is 25.1 Å². The second-order valence-corrected chi connectivity index (χ2v) is 4.68. The lowest BCUT2D eigenvalue weighted by Crippen LogP contribution is -2.54. The highest BCUT2D eigenvalue weighted by molar-refractivity contribution is 7.80. The highest BCUT2D eigenvalue weighted by Crippen LogP contribution is 2.30. The van der Waals surface area contributed by atoms with Gasteiger partial charge in [-0.3, -0.25) is 4.79 Å². The number of hydrogen-bond acceptors (Lipinski definition) is 4. The molecule has 0 bridgehead atoms. The van der Waals surface area contributed by atoms with Crippen LogP contribution in [0.1, 0.15) is 36.0 Å². The van der Waals surface area contributed by atoms with Crippen molar-refractivity contribution in [1.82, 2.24) is 15.5 Å². The Labute approximate surface area is 105 Å². The largest absolute Gasteiger partial charge is 0.391 e. The number of nitrogens with one attached hydrogen (secondary N) is 1. The molecule has 1 aliphatic carbocycles. The minimum Gasteiger partial charge on any atom is -0.391 e. The molecule has 6 heteroatoms. The number of carbonyl (C=O) groups excluding carboxylic acids is 1. The van der Waals surface area contributed by atoms with Gasteiger partial charge in [-0.2, -0.15) is 10.2 Å². The predicted molar refractivity (Wildman–Crippen MR) is 67.5 cm³/mol. The quantitative estimate of drug-likeness (QED) is 0.776. The first-order valence-electron chi connectivity index (χ1n) is 5.53. The van der Waals surface area contributed by atoms with E-state index in [-0.39, 0.29) is 5.91 Å². The zero-order chi connectivity index (χ0) is 12.3. The molecule has 1 fully saturated rings. The number of amides is 1. The predicted octanol–water partition coefficient (Wildman–Crippen LogP) is 0.805. The third kappa shape index (κ3) is 2.41. The number of rotatable bonds is 3. The van der Waals surface area contributed by atoms with Crippen LogP contribution in [0.15, 0.2) is 18.5 Å². The molecule has 1 amide bonds. The van der Waals surface area contributed by atoms with Gasteiger partial charge in [0, 0.05) is 0 Å². The minimum absolute atomic E-state index is 0.199. The van der Waals surface area contributed by atoms with Crippen LogP contribution in [-0.2, 0) is 0 Å². The normalized spacial score (nSPS) is 17.6. The van der Waals surface area contributed by atoms with Crippen molar-refractivity contribution in [3.63, 3.8) is 0 Å². The van der Waals surface area contributed by atoms with E-state index in [4.69, 9.17) is 18.0 Å². The minimum atomic E-state index is -0.518. The fourth-order valence-electron chi connectivity index (χ4n) is 2.13. The average molecular weight is 250 g/mol. The number of nitrogens with two attached hydrogens (primary N) is 1. The van der Waals surface area contributed by atoms with E-state index in [2.05, 4.69) is 15.5 Å². The molecule has 0 aliphatic heterocycles. The summed E-state index contributed by atoms with van der Waals surface area (Å²) in [5.41, 5.74) is 5.70. The maximum atomic E-state index is 12.0. The van der Waals surface area contributed by atoms with Gasteiger partial charge in [0.1, 0.15) is 0 Å². The Morgan fingerprint density at radius 2 is 2.12 bits per heavy atom. The van der Waals surface area contributed by atoms with E-state index in [1.54, 1.807) is 6.07 Å². The fourth-order valence-corrected chi connectivity index (χ4v) is 2.38.